The van der Waals surface area contributed by atoms with Crippen LogP contribution in [0, 0.1) is 11.6 Å². The zero-order chi connectivity index (χ0) is 19.6. The molecule has 0 bridgehead atoms. The predicted octanol–water partition coefficient (Wildman–Crippen LogP) is 2.58. The van der Waals surface area contributed by atoms with E-state index in [-0.39, 0.29) is 17.5 Å². The summed E-state index contributed by atoms with van der Waals surface area (Å²) in [5.74, 6) is -1.11. The Morgan fingerprint density at radius 1 is 1.07 bits per heavy atom. The number of nitrogens with zero attached hydrogens (tertiary/aromatic N) is 2. The number of hydrogen-bond acceptors (Lipinski definition) is 3. The second-order valence-electron chi connectivity index (χ2n) is 6.38. The van der Waals surface area contributed by atoms with Crippen LogP contribution < -0.4 is 16.1 Å². The van der Waals surface area contributed by atoms with Crippen molar-refractivity contribution in [2.45, 2.75) is 13.0 Å². The van der Waals surface area contributed by atoms with Crippen molar-refractivity contribution in [3.05, 3.63) is 97.7 Å². The van der Waals surface area contributed by atoms with E-state index in [1.54, 1.807) is 11.9 Å². The van der Waals surface area contributed by atoms with Gasteiger partial charge in [-0.1, -0.05) is 36.4 Å². The van der Waals surface area contributed by atoms with Gasteiger partial charge in [-0.25, -0.2) is 13.6 Å². The van der Waals surface area contributed by atoms with Crippen LogP contribution in [0.1, 0.15) is 16.7 Å². The first-order chi connectivity index (χ1) is 12.9. The van der Waals surface area contributed by atoms with Crippen LogP contribution >= 0.6 is 0 Å². The predicted molar refractivity (Wildman–Crippen MR) is 100 cm³/mol. The Labute approximate surface area is 154 Å². The summed E-state index contributed by atoms with van der Waals surface area (Å²) in [7, 11) is 3.09. The fraction of sp³-hybridized carbons (Fsp3) is 0.200. The van der Waals surface area contributed by atoms with E-state index in [1.165, 1.54) is 13.1 Å². The van der Waals surface area contributed by atoms with Crippen molar-refractivity contribution >= 4 is 5.82 Å². The molecule has 7 heteroatoms. The van der Waals surface area contributed by atoms with Gasteiger partial charge in [-0.2, -0.15) is 0 Å². The van der Waals surface area contributed by atoms with Gasteiger partial charge in [0.2, 0.25) is 0 Å². The minimum absolute atomic E-state index is 0.0654. The third kappa shape index (κ3) is 3.97. The largest absolute Gasteiger partial charge is 0.356 e. The molecule has 0 saturated heterocycles. The van der Waals surface area contributed by atoms with Gasteiger partial charge in [-0.3, -0.25) is 14.3 Å². The average molecular weight is 371 g/mol. The van der Waals surface area contributed by atoms with E-state index in [4.69, 9.17) is 0 Å². The molecule has 27 heavy (non-hydrogen) atoms. The molecule has 1 N–H and O–H groups in total. The number of rotatable bonds is 5. The molecule has 0 fully saturated rings. The van der Waals surface area contributed by atoms with E-state index < -0.39 is 22.9 Å². The molecular weight excluding hydrogens is 352 g/mol. The minimum atomic E-state index is -0.736. The summed E-state index contributed by atoms with van der Waals surface area (Å²) in [6.07, 6.45) is -0.0654. The highest BCUT2D eigenvalue weighted by Gasteiger charge is 2.18. The standard InChI is InChI=1S/C20H19F2N3O2/c1-24(12-13-6-4-3-5-7-13)18-16(19(26)25(2)20(27)23-18)10-14-8-9-15(21)11-17(14)22/h3-9,11H,10,12H2,1-2H3,(H,23,27). The van der Waals surface area contributed by atoms with E-state index in [9.17, 15) is 18.4 Å². The Bertz CT molecular complexity index is 1070. The second kappa shape index (κ2) is 7.57. The van der Waals surface area contributed by atoms with Crippen LogP contribution in [-0.2, 0) is 20.0 Å². The number of aromatic amines is 1. The van der Waals surface area contributed by atoms with Gasteiger partial charge in [0.05, 0.1) is 5.56 Å². The molecular formula is C20H19F2N3O2. The first-order valence-corrected chi connectivity index (χ1v) is 8.38. The Balaban J connectivity index is 2.05. The number of benzene rings is 2. The number of H-pyrrole nitrogens is 1. The zero-order valence-corrected chi connectivity index (χ0v) is 15.0. The summed E-state index contributed by atoms with van der Waals surface area (Å²) in [5.41, 5.74) is 0.326. The van der Waals surface area contributed by atoms with Crippen LogP contribution in [0.15, 0.2) is 58.1 Å². The molecule has 140 valence electrons. The Kier molecular flexibility index (Phi) is 5.21. The molecule has 0 aliphatic heterocycles. The Hall–Kier alpha value is -3.22. The zero-order valence-electron chi connectivity index (χ0n) is 15.0. The lowest BCUT2D eigenvalue weighted by atomic mass is 10.1. The lowest BCUT2D eigenvalue weighted by molar-refractivity contribution is 0.574. The van der Waals surface area contributed by atoms with Crippen LogP contribution in [0.3, 0.4) is 0 Å². The summed E-state index contributed by atoms with van der Waals surface area (Å²) < 4.78 is 28.2. The first-order valence-electron chi connectivity index (χ1n) is 8.38. The van der Waals surface area contributed by atoms with Crippen LogP contribution in [0.2, 0.25) is 0 Å². The highest BCUT2D eigenvalue weighted by atomic mass is 19.1. The highest BCUT2D eigenvalue weighted by molar-refractivity contribution is 5.48. The highest BCUT2D eigenvalue weighted by Crippen LogP contribution is 2.20. The molecule has 1 heterocycles. The Morgan fingerprint density at radius 3 is 2.44 bits per heavy atom. The van der Waals surface area contributed by atoms with Crippen LogP contribution in [0.25, 0.3) is 0 Å². The van der Waals surface area contributed by atoms with Gasteiger partial charge < -0.3 is 4.90 Å². The molecule has 0 saturated carbocycles. The fourth-order valence-corrected chi connectivity index (χ4v) is 2.93. The molecule has 1 aromatic heterocycles. The van der Waals surface area contributed by atoms with Crippen LogP contribution in [0.5, 0.6) is 0 Å². The van der Waals surface area contributed by atoms with Gasteiger partial charge in [-0.15, -0.1) is 0 Å². The summed E-state index contributed by atoms with van der Waals surface area (Å²) in [6, 6.07) is 12.8. The summed E-state index contributed by atoms with van der Waals surface area (Å²) >= 11 is 0. The molecule has 2 aromatic carbocycles. The second-order valence-corrected chi connectivity index (χ2v) is 6.38. The number of aromatic nitrogens is 2. The van der Waals surface area contributed by atoms with Crippen molar-refractivity contribution in [1.82, 2.24) is 9.55 Å². The van der Waals surface area contributed by atoms with Crippen molar-refractivity contribution in [3.8, 4) is 0 Å². The topological polar surface area (TPSA) is 58.1 Å². The Morgan fingerprint density at radius 2 is 1.78 bits per heavy atom. The smallest absolute Gasteiger partial charge is 0.329 e. The third-order valence-corrected chi connectivity index (χ3v) is 4.41. The number of anilines is 1. The van der Waals surface area contributed by atoms with E-state index in [1.807, 2.05) is 30.3 Å². The average Bonchev–Trinajstić information content (AvgIpc) is 2.64. The maximum absolute atomic E-state index is 14.1. The van der Waals surface area contributed by atoms with E-state index in [2.05, 4.69) is 4.98 Å². The third-order valence-electron chi connectivity index (χ3n) is 4.41. The van der Waals surface area contributed by atoms with Gasteiger partial charge in [0.1, 0.15) is 17.5 Å². The quantitative estimate of drug-likeness (QED) is 0.750. The van der Waals surface area contributed by atoms with Gasteiger partial charge in [0.15, 0.2) is 0 Å². The lowest BCUT2D eigenvalue weighted by Gasteiger charge is -2.22. The summed E-state index contributed by atoms with van der Waals surface area (Å²) in [5, 5.41) is 0. The number of nitrogens with one attached hydrogen (secondary N) is 1. The lowest BCUT2D eigenvalue weighted by Crippen LogP contribution is -2.38. The van der Waals surface area contributed by atoms with Gasteiger partial charge in [0, 0.05) is 33.1 Å². The number of halogens is 2. The SMILES string of the molecule is CN(Cc1ccccc1)c1[nH]c(=O)n(C)c(=O)c1Cc1ccc(F)cc1F. The maximum atomic E-state index is 14.1. The van der Waals surface area contributed by atoms with E-state index in [0.29, 0.717) is 12.4 Å². The van der Waals surface area contributed by atoms with Crippen molar-refractivity contribution in [2.75, 3.05) is 11.9 Å². The molecule has 0 atom stereocenters. The van der Waals surface area contributed by atoms with Crippen molar-refractivity contribution < 1.29 is 8.78 Å². The van der Waals surface area contributed by atoms with Gasteiger partial charge in [-0.05, 0) is 17.2 Å². The summed E-state index contributed by atoms with van der Waals surface area (Å²) in [4.78, 5) is 29.2. The normalized spacial score (nSPS) is 10.8. The molecule has 3 rings (SSSR count). The maximum Gasteiger partial charge on any atom is 0.329 e. The van der Waals surface area contributed by atoms with Gasteiger partial charge >= 0.3 is 5.69 Å². The molecule has 0 spiro atoms. The van der Waals surface area contributed by atoms with Crippen molar-refractivity contribution in [2.24, 2.45) is 7.05 Å². The molecule has 0 aliphatic rings. The van der Waals surface area contributed by atoms with E-state index in [0.717, 1.165) is 22.3 Å². The van der Waals surface area contributed by atoms with Gasteiger partial charge in [0.25, 0.3) is 5.56 Å². The molecule has 0 unspecified atom stereocenters. The monoisotopic (exact) mass is 371 g/mol. The van der Waals surface area contributed by atoms with Crippen LogP contribution in [0.4, 0.5) is 14.6 Å². The van der Waals surface area contributed by atoms with E-state index >= 15 is 0 Å². The number of hydrogen-bond donors (Lipinski definition) is 1. The van der Waals surface area contributed by atoms with Crippen LogP contribution in [-0.4, -0.2) is 16.6 Å². The van der Waals surface area contributed by atoms with Crippen molar-refractivity contribution in [1.29, 1.82) is 0 Å². The minimum Gasteiger partial charge on any atom is -0.356 e. The molecule has 3 aromatic rings. The summed E-state index contributed by atoms with van der Waals surface area (Å²) in [6.45, 7) is 0.447. The van der Waals surface area contributed by atoms with Crippen molar-refractivity contribution in [3.63, 3.8) is 0 Å². The first kappa shape index (κ1) is 18.6. The molecule has 0 radical (unpaired) electrons. The molecule has 5 nitrogen and oxygen atoms in total. The molecule has 0 aliphatic carbocycles. The fourth-order valence-electron chi connectivity index (χ4n) is 2.93. The molecule has 0 amide bonds.